The molecule has 1 aliphatic carbocycles. The van der Waals surface area contributed by atoms with Crippen LogP contribution >= 0.6 is 0 Å². The Labute approximate surface area is 97.6 Å². The number of likely N-dealkylation sites (N-methyl/N-ethyl adjacent to an activating group) is 1. The van der Waals surface area contributed by atoms with Crippen LogP contribution in [-0.4, -0.2) is 42.5 Å². The van der Waals surface area contributed by atoms with Gasteiger partial charge in [-0.05, 0) is 52.1 Å². The SMILES string of the molecule is CNC(CN1CCCC1C)(C(N)=O)C1CC1. The van der Waals surface area contributed by atoms with E-state index in [0.717, 1.165) is 25.9 Å². The van der Waals surface area contributed by atoms with Gasteiger partial charge in [0.15, 0.2) is 0 Å². The Bertz CT molecular complexity index is 277. The van der Waals surface area contributed by atoms with Crippen LogP contribution in [0.25, 0.3) is 0 Å². The topological polar surface area (TPSA) is 58.4 Å². The number of nitrogens with one attached hydrogen (secondary N) is 1. The molecule has 0 aromatic carbocycles. The normalized spacial score (nSPS) is 30.2. The van der Waals surface area contributed by atoms with Crippen molar-refractivity contribution in [3.05, 3.63) is 0 Å². The maximum atomic E-state index is 11.8. The van der Waals surface area contributed by atoms with Crippen LogP contribution < -0.4 is 11.1 Å². The van der Waals surface area contributed by atoms with Crippen molar-refractivity contribution in [2.24, 2.45) is 11.7 Å². The molecule has 2 fully saturated rings. The minimum atomic E-state index is -0.487. The lowest BCUT2D eigenvalue weighted by atomic mass is 9.91. The average Bonchev–Trinajstić information content (AvgIpc) is 3.01. The fraction of sp³-hybridized carbons (Fsp3) is 0.917. The minimum absolute atomic E-state index is 0.184. The van der Waals surface area contributed by atoms with Gasteiger partial charge < -0.3 is 11.1 Å². The van der Waals surface area contributed by atoms with Crippen molar-refractivity contribution >= 4 is 5.91 Å². The Balaban J connectivity index is 2.09. The molecular formula is C12H23N3O. The smallest absolute Gasteiger partial charge is 0.239 e. The first-order valence-corrected chi connectivity index (χ1v) is 6.33. The summed E-state index contributed by atoms with van der Waals surface area (Å²) in [7, 11) is 1.86. The van der Waals surface area contributed by atoms with Gasteiger partial charge in [0.2, 0.25) is 5.91 Å². The van der Waals surface area contributed by atoms with Crippen LogP contribution in [0.1, 0.15) is 32.6 Å². The van der Waals surface area contributed by atoms with Crippen LogP contribution in [0, 0.1) is 5.92 Å². The molecule has 4 heteroatoms. The Morgan fingerprint density at radius 2 is 2.19 bits per heavy atom. The molecule has 1 saturated heterocycles. The molecule has 3 N–H and O–H groups in total. The van der Waals surface area contributed by atoms with Crippen molar-refractivity contribution in [3.8, 4) is 0 Å². The third kappa shape index (κ3) is 1.96. The standard InChI is InChI=1S/C12H23N3O/c1-9-4-3-7-15(9)8-12(14-2,11(13)16)10-5-6-10/h9-10,14H,3-8H2,1-2H3,(H2,13,16). The van der Waals surface area contributed by atoms with Gasteiger partial charge in [-0.1, -0.05) is 0 Å². The summed E-state index contributed by atoms with van der Waals surface area (Å²) in [5.41, 5.74) is 5.13. The quantitative estimate of drug-likeness (QED) is 0.708. The third-order valence-electron chi connectivity index (χ3n) is 4.30. The van der Waals surface area contributed by atoms with E-state index in [0.29, 0.717) is 12.0 Å². The number of likely N-dealkylation sites (tertiary alicyclic amines) is 1. The van der Waals surface area contributed by atoms with Crippen molar-refractivity contribution in [1.82, 2.24) is 10.2 Å². The van der Waals surface area contributed by atoms with E-state index in [-0.39, 0.29) is 5.91 Å². The van der Waals surface area contributed by atoms with Crippen LogP contribution in [0.4, 0.5) is 0 Å². The lowest BCUT2D eigenvalue weighted by molar-refractivity contribution is -0.126. The second kappa shape index (κ2) is 4.34. The molecule has 2 rings (SSSR count). The maximum absolute atomic E-state index is 11.8. The van der Waals surface area contributed by atoms with Crippen molar-refractivity contribution < 1.29 is 4.79 Å². The summed E-state index contributed by atoms with van der Waals surface area (Å²) in [4.78, 5) is 14.2. The van der Waals surface area contributed by atoms with E-state index in [1.807, 2.05) is 7.05 Å². The van der Waals surface area contributed by atoms with Gasteiger partial charge in [0.1, 0.15) is 5.54 Å². The van der Waals surface area contributed by atoms with Gasteiger partial charge in [-0.15, -0.1) is 0 Å². The molecule has 1 heterocycles. The number of primary amides is 1. The van der Waals surface area contributed by atoms with Gasteiger partial charge in [0.25, 0.3) is 0 Å². The highest BCUT2D eigenvalue weighted by molar-refractivity contribution is 5.86. The largest absolute Gasteiger partial charge is 0.368 e. The zero-order valence-corrected chi connectivity index (χ0v) is 10.3. The molecule has 4 nitrogen and oxygen atoms in total. The summed E-state index contributed by atoms with van der Waals surface area (Å²) in [6, 6.07) is 0.589. The fourth-order valence-electron chi connectivity index (χ4n) is 2.94. The molecule has 0 aromatic rings. The molecule has 0 radical (unpaired) electrons. The zero-order valence-electron chi connectivity index (χ0n) is 10.3. The number of rotatable bonds is 5. The van der Waals surface area contributed by atoms with Gasteiger partial charge >= 0.3 is 0 Å². The first-order chi connectivity index (χ1) is 7.60. The van der Waals surface area contributed by atoms with E-state index in [1.165, 1.54) is 12.8 Å². The number of nitrogens with two attached hydrogens (primary N) is 1. The number of nitrogens with zero attached hydrogens (tertiary/aromatic N) is 1. The molecular weight excluding hydrogens is 202 g/mol. The molecule has 0 aromatic heterocycles. The summed E-state index contributed by atoms with van der Waals surface area (Å²) in [5.74, 6) is 0.263. The zero-order chi connectivity index (χ0) is 11.8. The predicted molar refractivity (Wildman–Crippen MR) is 64.0 cm³/mol. The van der Waals surface area contributed by atoms with Crippen LogP contribution in [0.3, 0.4) is 0 Å². The number of hydrogen-bond donors (Lipinski definition) is 2. The molecule has 2 unspecified atom stereocenters. The summed E-state index contributed by atoms with van der Waals surface area (Å²) in [6.07, 6.45) is 4.74. The van der Waals surface area contributed by atoms with E-state index in [9.17, 15) is 4.79 Å². The van der Waals surface area contributed by atoms with E-state index < -0.39 is 5.54 Å². The van der Waals surface area contributed by atoms with Crippen molar-refractivity contribution in [3.63, 3.8) is 0 Å². The second-order valence-electron chi connectivity index (χ2n) is 5.32. The third-order valence-corrected chi connectivity index (χ3v) is 4.30. The van der Waals surface area contributed by atoms with Crippen molar-refractivity contribution in [2.45, 2.75) is 44.2 Å². The number of carbonyl (C=O) groups is 1. The van der Waals surface area contributed by atoms with Crippen molar-refractivity contribution in [2.75, 3.05) is 20.1 Å². The Kier molecular flexibility index (Phi) is 3.22. The highest BCUT2D eigenvalue weighted by atomic mass is 16.1. The van der Waals surface area contributed by atoms with Gasteiger partial charge in [-0.3, -0.25) is 9.69 Å². The van der Waals surface area contributed by atoms with E-state index in [4.69, 9.17) is 5.73 Å². The molecule has 0 bridgehead atoms. The van der Waals surface area contributed by atoms with Gasteiger partial charge in [-0.25, -0.2) is 0 Å². The van der Waals surface area contributed by atoms with E-state index in [2.05, 4.69) is 17.1 Å². The molecule has 1 saturated carbocycles. The summed E-state index contributed by atoms with van der Waals surface area (Å²) in [5, 5.41) is 3.21. The van der Waals surface area contributed by atoms with Crippen LogP contribution in [0.2, 0.25) is 0 Å². The van der Waals surface area contributed by atoms with Gasteiger partial charge in [0.05, 0.1) is 0 Å². The molecule has 2 aliphatic rings. The maximum Gasteiger partial charge on any atom is 0.239 e. The van der Waals surface area contributed by atoms with E-state index in [1.54, 1.807) is 0 Å². The summed E-state index contributed by atoms with van der Waals surface area (Å²) < 4.78 is 0. The lowest BCUT2D eigenvalue weighted by Crippen LogP contribution is -2.62. The Hall–Kier alpha value is -0.610. The van der Waals surface area contributed by atoms with E-state index >= 15 is 0 Å². The van der Waals surface area contributed by atoms with Crippen LogP contribution in [0.15, 0.2) is 0 Å². The molecule has 92 valence electrons. The highest BCUT2D eigenvalue weighted by Gasteiger charge is 2.50. The Morgan fingerprint density at radius 1 is 1.50 bits per heavy atom. The van der Waals surface area contributed by atoms with Crippen molar-refractivity contribution in [1.29, 1.82) is 0 Å². The van der Waals surface area contributed by atoms with Crippen LogP contribution in [-0.2, 0) is 4.79 Å². The number of amides is 1. The minimum Gasteiger partial charge on any atom is -0.368 e. The molecule has 16 heavy (non-hydrogen) atoms. The fourth-order valence-corrected chi connectivity index (χ4v) is 2.94. The second-order valence-corrected chi connectivity index (χ2v) is 5.32. The number of hydrogen-bond acceptors (Lipinski definition) is 3. The molecule has 2 atom stereocenters. The first-order valence-electron chi connectivity index (χ1n) is 6.33. The predicted octanol–water partition coefficient (Wildman–Crippen LogP) is 0.324. The average molecular weight is 225 g/mol. The monoisotopic (exact) mass is 225 g/mol. The Morgan fingerprint density at radius 3 is 2.56 bits per heavy atom. The summed E-state index contributed by atoms with van der Waals surface area (Å²) >= 11 is 0. The summed E-state index contributed by atoms with van der Waals surface area (Å²) in [6.45, 7) is 4.12. The lowest BCUT2D eigenvalue weighted by Gasteiger charge is -2.36. The first kappa shape index (κ1) is 11.9. The number of carbonyl (C=O) groups excluding carboxylic acids is 1. The van der Waals surface area contributed by atoms with Gasteiger partial charge in [0, 0.05) is 12.6 Å². The highest BCUT2D eigenvalue weighted by Crippen LogP contribution is 2.40. The molecule has 1 amide bonds. The van der Waals surface area contributed by atoms with Crippen LogP contribution in [0.5, 0.6) is 0 Å². The van der Waals surface area contributed by atoms with Gasteiger partial charge in [-0.2, -0.15) is 0 Å². The molecule has 1 aliphatic heterocycles. The molecule has 0 spiro atoms.